The Bertz CT molecular complexity index is 1550. The molecule has 1 unspecified atom stereocenters. The molecule has 0 spiro atoms. The van der Waals surface area contributed by atoms with Crippen LogP contribution in [0.4, 0.5) is 10.1 Å². The van der Waals surface area contributed by atoms with Gasteiger partial charge in [0.2, 0.25) is 11.8 Å². The molecule has 3 aromatic carbocycles. The van der Waals surface area contributed by atoms with Crippen molar-refractivity contribution in [2.45, 2.75) is 62.6 Å². The third-order valence-corrected chi connectivity index (χ3v) is 9.71. The predicted molar refractivity (Wildman–Crippen MR) is 167 cm³/mol. The molecule has 0 bridgehead atoms. The number of benzene rings is 3. The summed E-state index contributed by atoms with van der Waals surface area (Å²) < 4.78 is 53.6. The minimum absolute atomic E-state index is 0.0326. The Hall–Kier alpha value is -3.83. The van der Waals surface area contributed by atoms with Crippen molar-refractivity contribution in [1.82, 2.24) is 10.2 Å². The van der Waals surface area contributed by atoms with E-state index < -0.39 is 34.3 Å². The summed E-state index contributed by atoms with van der Waals surface area (Å²) in [6.45, 7) is 1.20. The standard InChI is InChI=1S/C32H37ClFN3O6S/c1-4-28(32(39)35-25-7-5-6-8-25)36(20-22-9-11-23(33)12-10-22)31(38)21-37(26-15-13-24(34)14-16-26)44(40,41)27-17-18-29(42-2)30(19-27)43-3/h9-19,25,28H,4-8,20-21H2,1-3H3,(H,35,39). The highest BCUT2D eigenvalue weighted by molar-refractivity contribution is 7.92. The molecular weight excluding hydrogens is 609 g/mol. The average Bonchev–Trinajstić information content (AvgIpc) is 3.53. The number of methoxy groups -OCH3 is 2. The number of hydrogen-bond donors (Lipinski definition) is 1. The van der Waals surface area contributed by atoms with E-state index in [-0.39, 0.29) is 34.8 Å². The summed E-state index contributed by atoms with van der Waals surface area (Å²) in [6, 6.07) is 14.9. The largest absolute Gasteiger partial charge is 0.493 e. The fraction of sp³-hybridized carbons (Fsp3) is 0.375. The molecule has 1 aliphatic carbocycles. The number of hydrogen-bond acceptors (Lipinski definition) is 6. The van der Waals surface area contributed by atoms with E-state index in [2.05, 4.69) is 5.32 Å². The predicted octanol–water partition coefficient (Wildman–Crippen LogP) is 5.56. The van der Waals surface area contributed by atoms with Crippen LogP contribution in [-0.4, -0.2) is 58.0 Å². The molecule has 12 heteroatoms. The Morgan fingerprint density at radius 3 is 2.20 bits per heavy atom. The lowest BCUT2D eigenvalue weighted by molar-refractivity contribution is -0.140. The molecule has 1 saturated carbocycles. The van der Waals surface area contributed by atoms with Crippen LogP contribution in [0.2, 0.25) is 5.02 Å². The Morgan fingerprint density at radius 2 is 1.61 bits per heavy atom. The minimum atomic E-state index is -4.39. The van der Waals surface area contributed by atoms with Crippen LogP contribution < -0.4 is 19.1 Å². The molecule has 1 fully saturated rings. The molecule has 1 N–H and O–H groups in total. The molecule has 0 aliphatic heterocycles. The number of carbonyl (C=O) groups excluding carboxylic acids is 2. The summed E-state index contributed by atoms with van der Waals surface area (Å²) in [5, 5.41) is 3.59. The van der Waals surface area contributed by atoms with Gasteiger partial charge < -0.3 is 19.7 Å². The van der Waals surface area contributed by atoms with Crippen molar-refractivity contribution in [3.63, 3.8) is 0 Å². The van der Waals surface area contributed by atoms with Gasteiger partial charge in [-0.25, -0.2) is 12.8 Å². The van der Waals surface area contributed by atoms with E-state index >= 15 is 0 Å². The highest BCUT2D eigenvalue weighted by atomic mass is 35.5. The monoisotopic (exact) mass is 645 g/mol. The van der Waals surface area contributed by atoms with Gasteiger partial charge >= 0.3 is 0 Å². The molecule has 1 atom stereocenters. The second-order valence-corrected chi connectivity index (χ2v) is 12.9. The summed E-state index contributed by atoms with van der Waals surface area (Å²) in [5.74, 6) is -0.968. The van der Waals surface area contributed by atoms with Crippen molar-refractivity contribution in [1.29, 1.82) is 0 Å². The van der Waals surface area contributed by atoms with Gasteiger partial charge in [0.15, 0.2) is 11.5 Å². The van der Waals surface area contributed by atoms with Crippen LogP contribution in [0.15, 0.2) is 71.6 Å². The molecule has 0 radical (unpaired) electrons. The number of rotatable bonds is 13. The molecule has 236 valence electrons. The van der Waals surface area contributed by atoms with Gasteiger partial charge in [-0.2, -0.15) is 0 Å². The number of ether oxygens (including phenoxy) is 2. The molecule has 0 heterocycles. The quantitative estimate of drug-likeness (QED) is 0.261. The van der Waals surface area contributed by atoms with E-state index in [0.29, 0.717) is 22.8 Å². The molecule has 0 saturated heterocycles. The lowest BCUT2D eigenvalue weighted by Crippen LogP contribution is -2.53. The van der Waals surface area contributed by atoms with E-state index in [4.69, 9.17) is 21.1 Å². The number of nitrogens with one attached hydrogen (secondary N) is 1. The van der Waals surface area contributed by atoms with Crippen molar-refractivity contribution in [2.24, 2.45) is 0 Å². The van der Waals surface area contributed by atoms with Crippen molar-refractivity contribution in [3.8, 4) is 11.5 Å². The van der Waals surface area contributed by atoms with Gasteiger partial charge in [-0.15, -0.1) is 0 Å². The van der Waals surface area contributed by atoms with Gasteiger partial charge in [0, 0.05) is 23.7 Å². The first kappa shape index (κ1) is 33.1. The number of carbonyl (C=O) groups is 2. The van der Waals surface area contributed by atoms with E-state index in [0.717, 1.165) is 42.1 Å². The number of anilines is 1. The Balaban J connectivity index is 1.73. The van der Waals surface area contributed by atoms with Crippen molar-refractivity contribution in [3.05, 3.63) is 83.1 Å². The van der Waals surface area contributed by atoms with Gasteiger partial charge in [0.05, 0.1) is 24.8 Å². The van der Waals surface area contributed by atoms with Crippen molar-refractivity contribution >= 4 is 39.1 Å². The number of nitrogens with zero attached hydrogens (tertiary/aromatic N) is 2. The maximum Gasteiger partial charge on any atom is 0.264 e. The fourth-order valence-corrected chi connectivity index (χ4v) is 6.87. The van der Waals surface area contributed by atoms with Gasteiger partial charge in [-0.1, -0.05) is 43.5 Å². The molecule has 9 nitrogen and oxygen atoms in total. The van der Waals surface area contributed by atoms with Crippen LogP contribution in [-0.2, 0) is 26.2 Å². The van der Waals surface area contributed by atoms with Crippen LogP contribution >= 0.6 is 11.6 Å². The highest BCUT2D eigenvalue weighted by Gasteiger charge is 2.35. The minimum Gasteiger partial charge on any atom is -0.493 e. The Morgan fingerprint density at radius 1 is 0.977 bits per heavy atom. The van der Waals surface area contributed by atoms with Gasteiger partial charge in [0.1, 0.15) is 18.4 Å². The van der Waals surface area contributed by atoms with Crippen LogP contribution in [0, 0.1) is 5.82 Å². The zero-order chi connectivity index (χ0) is 31.9. The highest BCUT2D eigenvalue weighted by Crippen LogP contribution is 2.32. The summed E-state index contributed by atoms with van der Waals surface area (Å²) in [7, 11) is -1.58. The van der Waals surface area contributed by atoms with Crippen LogP contribution in [0.5, 0.6) is 11.5 Å². The second kappa shape index (κ2) is 14.8. The van der Waals surface area contributed by atoms with Crippen LogP contribution in [0.25, 0.3) is 0 Å². The third kappa shape index (κ3) is 7.81. The number of sulfonamides is 1. The molecule has 2 amide bonds. The van der Waals surface area contributed by atoms with Crippen LogP contribution in [0.1, 0.15) is 44.6 Å². The van der Waals surface area contributed by atoms with Crippen molar-refractivity contribution in [2.75, 3.05) is 25.1 Å². The van der Waals surface area contributed by atoms with E-state index in [1.807, 2.05) is 0 Å². The Kier molecular flexibility index (Phi) is 11.1. The SMILES string of the molecule is CCC(C(=O)NC1CCCC1)N(Cc1ccc(Cl)cc1)C(=O)CN(c1ccc(F)cc1)S(=O)(=O)c1ccc(OC)c(OC)c1. The summed E-state index contributed by atoms with van der Waals surface area (Å²) in [5.41, 5.74) is 0.787. The molecule has 0 aromatic heterocycles. The van der Waals surface area contributed by atoms with E-state index in [1.165, 1.54) is 49.5 Å². The van der Waals surface area contributed by atoms with E-state index in [9.17, 15) is 22.4 Å². The number of amides is 2. The topological polar surface area (TPSA) is 105 Å². The smallest absolute Gasteiger partial charge is 0.264 e. The average molecular weight is 646 g/mol. The van der Waals surface area contributed by atoms with Crippen molar-refractivity contribution < 1.29 is 31.9 Å². The van der Waals surface area contributed by atoms with Gasteiger partial charge in [0.25, 0.3) is 10.0 Å². The molecular formula is C32H37ClFN3O6S. The number of halogens is 2. The zero-order valence-corrected chi connectivity index (χ0v) is 26.5. The first-order valence-electron chi connectivity index (χ1n) is 14.4. The summed E-state index contributed by atoms with van der Waals surface area (Å²) in [6.07, 6.45) is 4.09. The first-order chi connectivity index (χ1) is 21.1. The normalized spacial score (nSPS) is 14.1. The molecule has 4 rings (SSSR count). The maximum absolute atomic E-state index is 14.2. The first-order valence-corrected chi connectivity index (χ1v) is 16.2. The second-order valence-electron chi connectivity index (χ2n) is 10.6. The fourth-order valence-electron chi connectivity index (χ4n) is 5.31. The molecule has 3 aromatic rings. The maximum atomic E-state index is 14.2. The summed E-state index contributed by atoms with van der Waals surface area (Å²) in [4.78, 5) is 29.0. The third-order valence-electron chi connectivity index (χ3n) is 7.69. The lowest BCUT2D eigenvalue weighted by Gasteiger charge is -2.33. The molecule has 1 aliphatic rings. The van der Waals surface area contributed by atoms with Crippen LogP contribution in [0.3, 0.4) is 0 Å². The van der Waals surface area contributed by atoms with Gasteiger partial charge in [-0.3, -0.25) is 13.9 Å². The Labute approximate surface area is 262 Å². The zero-order valence-electron chi connectivity index (χ0n) is 25.0. The van der Waals surface area contributed by atoms with E-state index in [1.54, 1.807) is 31.2 Å². The lowest BCUT2D eigenvalue weighted by atomic mass is 10.1. The summed E-state index contributed by atoms with van der Waals surface area (Å²) >= 11 is 6.08. The molecule has 44 heavy (non-hydrogen) atoms. The van der Waals surface area contributed by atoms with Gasteiger partial charge in [-0.05, 0) is 73.4 Å².